The summed E-state index contributed by atoms with van der Waals surface area (Å²) in [5.41, 5.74) is 6.53. The van der Waals surface area contributed by atoms with Crippen LogP contribution in [0.4, 0.5) is 5.69 Å². The molecule has 0 spiro atoms. The number of aromatic nitrogens is 2. The first-order chi connectivity index (χ1) is 9.66. The molecule has 20 heavy (non-hydrogen) atoms. The topological polar surface area (TPSA) is 94.0 Å². The van der Waals surface area contributed by atoms with E-state index in [4.69, 9.17) is 5.73 Å². The first-order valence-corrected chi connectivity index (χ1v) is 7.27. The summed E-state index contributed by atoms with van der Waals surface area (Å²) >= 11 is 4.80. The van der Waals surface area contributed by atoms with Crippen molar-refractivity contribution in [3.63, 3.8) is 0 Å². The summed E-state index contributed by atoms with van der Waals surface area (Å²) in [4.78, 5) is 16.5. The first kappa shape index (κ1) is 13.1. The van der Waals surface area contributed by atoms with Gasteiger partial charge in [-0.25, -0.2) is 0 Å². The zero-order chi connectivity index (χ0) is 14.1. The maximum Gasteiger partial charge on any atom is 0.263 e. The molecule has 0 saturated carbocycles. The second kappa shape index (κ2) is 5.22. The van der Waals surface area contributed by atoms with Crippen LogP contribution in [0, 0.1) is 0 Å². The third kappa shape index (κ3) is 2.27. The van der Waals surface area contributed by atoms with E-state index >= 15 is 0 Å². The number of nitrogens with one attached hydrogen (secondary N) is 1. The van der Waals surface area contributed by atoms with Crippen LogP contribution >= 0.6 is 27.3 Å². The van der Waals surface area contributed by atoms with Crippen LogP contribution < -0.4 is 11.1 Å². The van der Waals surface area contributed by atoms with Gasteiger partial charge in [0, 0.05) is 14.6 Å². The second-order valence-corrected chi connectivity index (χ2v) is 5.89. The molecule has 1 aromatic carbocycles. The van der Waals surface area contributed by atoms with Crippen LogP contribution in [0.1, 0.15) is 15.5 Å². The normalized spacial score (nSPS) is 10.8. The van der Waals surface area contributed by atoms with Crippen LogP contribution in [0.3, 0.4) is 0 Å². The van der Waals surface area contributed by atoms with Gasteiger partial charge in [-0.2, -0.15) is 4.98 Å². The van der Waals surface area contributed by atoms with Gasteiger partial charge >= 0.3 is 0 Å². The number of fused-ring (bicyclic) bond motifs is 1. The lowest BCUT2D eigenvalue weighted by atomic mass is 10.2. The summed E-state index contributed by atoms with van der Waals surface area (Å²) in [7, 11) is 0. The fourth-order valence-electron chi connectivity index (χ4n) is 1.81. The Kier molecular flexibility index (Phi) is 3.41. The molecule has 0 saturated heterocycles. The van der Waals surface area contributed by atoms with Crippen molar-refractivity contribution in [1.82, 2.24) is 15.5 Å². The number of carbonyl (C=O) groups excluding carboxylic acids is 1. The molecule has 0 fully saturated rings. The van der Waals surface area contributed by atoms with Gasteiger partial charge in [-0.05, 0) is 12.1 Å². The quantitative estimate of drug-likeness (QED) is 0.755. The van der Waals surface area contributed by atoms with E-state index in [2.05, 4.69) is 35.9 Å². The summed E-state index contributed by atoms with van der Waals surface area (Å²) in [5, 5.41) is 7.20. The maximum atomic E-state index is 12.2. The van der Waals surface area contributed by atoms with Gasteiger partial charge in [-0.15, -0.1) is 11.3 Å². The molecule has 1 amide bonds. The number of benzene rings is 1. The van der Waals surface area contributed by atoms with Crippen molar-refractivity contribution >= 4 is 48.9 Å². The van der Waals surface area contributed by atoms with Crippen LogP contribution in [0.2, 0.25) is 0 Å². The molecule has 0 bridgehead atoms. The monoisotopic (exact) mass is 352 g/mol. The molecule has 2 heterocycles. The highest BCUT2D eigenvalue weighted by Gasteiger charge is 2.18. The van der Waals surface area contributed by atoms with Gasteiger partial charge in [0.15, 0.2) is 5.82 Å². The molecule has 3 rings (SSSR count). The predicted molar refractivity (Wildman–Crippen MR) is 79.4 cm³/mol. The largest absolute Gasteiger partial charge is 0.397 e. The van der Waals surface area contributed by atoms with Gasteiger partial charge in [0.1, 0.15) is 4.88 Å². The van der Waals surface area contributed by atoms with Crippen LogP contribution in [-0.4, -0.2) is 16.0 Å². The zero-order valence-corrected chi connectivity index (χ0v) is 12.5. The minimum Gasteiger partial charge on any atom is -0.397 e. The second-order valence-electron chi connectivity index (χ2n) is 3.99. The summed E-state index contributed by atoms with van der Waals surface area (Å²) in [6, 6.07) is 5.73. The van der Waals surface area contributed by atoms with Crippen molar-refractivity contribution in [2.45, 2.75) is 6.54 Å². The van der Waals surface area contributed by atoms with Gasteiger partial charge in [0.25, 0.3) is 5.91 Å². The number of anilines is 1. The Morgan fingerprint density at radius 3 is 3.05 bits per heavy atom. The molecule has 102 valence electrons. The summed E-state index contributed by atoms with van der Waals surface area (Å²) < 4.78 is 6.43. The minimum atomic E-state index is -0.250. The number of carbonyl (C=O) groups is 1. The smallest absolute Gasteiger partial charge is 0.263 e. The van der Waals surface area contributed by atoms with Crippen LogP contribution in [0.5, 0.6) is 0 Å². The van der Waals surface area contributed by atoms with Gasteiger partial charge < -0.3 is 15.6 Å². The lowest BCUT2D eigenvalue weighted by molar-refractivity contribution is 0.0954. The Labute approximate surface area is 126 Å². The van der Waals surface area contributed by atoms with Gasteiger partial charge in [-0.3, -0.25) is 4.79 Å². The van der Waals surface area contributed by atoms with E-state index in [0.717, 1.165) is 14.6 Å². The standard InChI is InChI=1S/C12H9BrN4O2S/c13-6-2-1-3-7-9(6)10(14)11(20-7)12(18)15-4-8-16-5-19-17-8/h1-3,5H,4,14H2,(H,15,18). The Bertz CT molecular complexity index is 769. The lowest BCUT2D eigenvalue weighted by Crippen LogP contribution is -2.23. The van der Waals surface area contributed by atoms with Gasteiger partial charge in [0.2, 0.25) is 6.39 Å². The van der Waals surface area contributed by atoms with E-state index in [9.17, 15) is 4.79 Å². The Morgan fingerprint density at radius 2 is 2.35 bits per heavy atom. The number of nitrogens with two attached hydrogens (primary N) is 1. The van der Waals surface area contributed by atoms with E-state index < -0.39 is 0 Å². The molecule has 0 unspecified atom stereocenters. The summed E-state index contributed by atoms with van der Waals surface area (Å²) in [6.45, 7) is 0.199. The third-order valence-corrected chi connectivity index (χ3v) is 4.55. The van der Waals surface area contributed by atoms with E-state index in [0.29, 0.717) is 16.4 Å². The van der Waals surface area contributed by atoms with Crippen LogP contribution in [0.25, 0.3) is 10.1 Å². The highest BCUT2D eigenvalue weighted by atomic mass is 79.9. The van der Waals surface area contributed by atoms with E-state index in [-0.39, 0.29) is 12.5 Å². The van der Waals surface area contributed by atoms with Crippen molar-refractivity contribution in [3.8, 4) is 0 Å². The van der Waals surface area contributed by atoms with Crippen molar-refractivity contribution in [2.24, 2.45) is 0 Å². The van der Waals surface area contributed by atoms with E-state index in [1.807, 2.05) is 18.2 Å². The molecular weight excluding hydrogens is 344 g/mol. The fourth-order valence-corrected chi connectivity index (χ4v) is 3.58. The number of nitrogens with zero attached hydrogens (tertiary/aromatic N) is 2. The van der Waals surface area contributed by atoms with Crippen LogP contribution in [-0.2, 0) is 6.54 Å². The number of hydrogen-bond acceptors (Lipinski definition) is 6. The minimum absolute atomic E-state index is 0.199. The molecule has 6 nitrogen and oxygen atoms in total. The molecule has 0 aliphatic rings. The highest BCUT2D eigenvalue weighted by molar-refractivity contribution is 9.10. The van der Waals surface area contributed by atoms with Gasteiger partial charge in [0.05, 0.1) is 12.2 Å². The van der Waals surface area contributed by atoms with Crippen molar-refractivity contribution < 1.29 is 9.32 Å². The molecule has 3 aromatic rings. The number of amides is 1. The molecule has 3 N–H and O–H groups in total. The number of rotatable bonds is 3. The molecule has 0 aliphatic heterocycles. The molecular formula is C12H9BrN4O2S. The Balaban J connectivity index is 1.88. The summed E-state index contributed by atoms with van der Waals surface area (Å²) in [6.07, 6.45) is 1.21. The molecule has 0 aliphatic carbocycles. The fraction of sp³-hybridized carbons (Fsp3) is 0.0833. The van der Waals surface area contributed by atoms with Crippen molar-refractivity contribution in [3.05, 3.63) is 39.8 Å². The first-order valence-electron chi connectivity index (χ1n) is 5.66. The highest BCUT2D eigenvalue weighted by Crippen LogP contribution is 2.38. The number of halogens is 1. The predicted octanol–water partition coefficient (Wildman–Crippen LogP) is 2.56. The number of hydrogen-bond donors (Lipinski definition) is 2. The van der Waals surface area contributed by atoms with E-state index in [1.165, 1.54) is 17.7 Å². The molecule has 2 aromatic heterocycles. The Morgan fingerprint density at radius 1 is 1.50 bits per heavy atom. The van der Waals surface area contributed by atoms with Crippen LogP contribution in [0.15, 0.2) is 33.6 Å². The maximum absolute atomic E-state index is 12.2. The van der Waals surface area contributed by atoms with Crippen molar-refractivity contribution in [1.29, 1.82) is 0 Å². The average Bonchev–Trinajstić information content (AvgIpc) is 3.05. The van der Waals surface area contributed by atoms with E-state index in [1.54, 1.807) is 0 Å². The number of nitrogen functional groups attached to an aromatic ring is 1. The zero-order valence-electron chi connectivity index (χ0n) is 10.1. The molecule has 0 atom stereocenters. The van der Waals surface area contributed by atoms with Crippen molar-refractivity contribution in [2.75, 3.05) is 5.73 Å². The lowest BCUT2D eigenvalue weighted by Gasteiger charge is -2.01. The number of thiophene rings is 1. The molecule has 0 radical (unpaired) electrons. The summed E-state index contributed by atoms with van der Waals surface area (Å²) in [5.74, 6) is 0.166. The molecule has 8 heteroatoms. The average molecular weight is 353 g/mol. The SMILES string of the molecule is Nc1c(C(=O)NCc2ncon2)sc2cccc(Br)c12. The van der Waals surface area contributed by atoms with Gasteiger partial charge in [-0.1, -0.05) is 27.2 Å². The Hall–Kier alpha value is -1.93. The third-order valence-electron chi connectivity index (χ3n) is 2.72.